The van der Waals surface area contributed by atoms with E-state index in [1.165, 1.54) is 12.0 Å². The van der Waals surface area contributed by atoms with Crippen molar-refractivity contribution in [1.82, 2.24) is 20.4 Å². The number of aryl methyl sites for hydroxylation is 1. The number of hydrogen-bond donors (Lipinski definition) is 2. The van der Waals surface area contributed by atoms with Crippen molar-refractivity contribution < 1.29 is 14.4 Å². The number of amides is 4. The number of benzene rings is 1. The molecule has 3 rings (SSSR count). The lowest BCUT2D eigenvalue weighted by Crippen LogP contribution is -2.57. The second-order valence-electron chi connectivity index (χ2n) is 8.55. The van der Waals surface area contributed by atoms with Gasteiger partial charge in [-0.2, -0.15) is 0 Å². The van der Waals surface area contributed by atoms with Crippen LogP contribution < -0.4 is 10.6 Å². The minimum Gasteiger partial charge on any atom is -0.340 e. The Kier molecular flexibility index (Phi) is 7.85. The van der Waals surface area contributed by atoms with E-state index in [1.807, 2.05) is 47.9 Å². The third-order valence-corrected chi connectivity index (χ3v) is 6.25. The van der Waals surface area contributed by atoms with E-state index < -0.39 is 12.1 Å². The number of carbonyl (C=O) groups is 3. The highest BCUT2D eigenvalue weighted by molar-refractivity contribution is 5.96. The standard InChI is InChI=1S/C23H34N4O3/c1-17-8-10-19(11-9-17)16-21(28)27-14-12-26(13-15-27)18(2)22(29)25-23(30)24-20-6-4-3-5-7-20/h8-11,18,20H,3-7,12-16H2,1-2H3,(H2,24,25,29,30). The van der Waals surface area contributed by atoms with Crippen molar-refractivity contribution in [2.24, 2.45) is 0 Å². The molecule has 1 heterocycles. The van der Waals surface area contributed by atoms with Gasteiger partial charge in [-0.15, -0.1) is 0 Å². The second kappa shape index (κ2) is 10.6. The third-order valence-electron chi connectivity index (χ3n) is 6.25. The molecule has 2 N–H and O–H groups in total. The van der Waals surface area contributed by atoms with Crippen molar-refractivity contribution in [3.05, 3.63) is 35.4 Å². The molecule has 0 aromatic heterocycles. The van der Waals surface area contributed by atoms with Gasteiger partial charge in [-0.25, -0.2) is 4.79 Å². The summed E-state index contributed by atoms with van der Waals surface area (Å²) < 4.78 is 0. The second-order valence-corrected chi connectivity index (χ2v) is 8.55. The third kappa shape index (κ3) is 6.29. The van der Waals surface area contributed by atoms with Gasteiger partial charge in [0.15, 0.2) is 0 Å². The summed E-state index contributed by atoms with van der Waals surface area (Å²) in [5, 5.41) is 5.40. The largest absolute Gasteiger partial charge is 0.340 e. The zero-order chi connectivity index (χ0) is 21.5. The number of carbonyl (C=O) groups excluding carboxylic acids is 3. The molecule has 0 spiro atoms. The highest BCUT2D eigenvalue weighted by atomic mass is 16.2. The van der Waals surface area contributed by atoms with Crippen molar-refractivity contribution in [3.63, 3.8) is 0 Å². The van der Waals surface area contributed by atoms with Crippen LogP contribution in [0.15, 0.2) is 24.3 Å². The van der Waals surface area contributed by atoms with E-state index in [9.17, 15) is 14.4 Å². The summed E-state index contributed by atoms with van der Waals surface area (Å²) in [6, 6.07) is 7.39. The van der Waals surface area contributed by atoms with Crippen molar-refractivity contribution in [3.8, 4) is 0 Å². The lowest BCUT2D eigenvalue weighted by Gasteiger charge is -2.37. The van der Waals surface area contributed by atoms with Crippen LogP contribution in [0.3, 0.4) is 0 Å². The molecule has 1 aromatic rings. The van der Waals surface area contributed by atoms with E-state index in [4.69, 9.17) is 0 Å². The summed E-state index contributed by atoms with van der Waals surface area (Å²) in [6.45, 7) is 6.28. The zero-order valence-corrected chi connectivity index (χ0v) is 18.2. The van der Waals surface area contributed by atoms with Gasteiger partial charge in [-0.3, -0.25) is 19.8 Å². The fourth-order valence-electron chi connectivity index (χ4n) is 4.20. The molecule has 0 radical (unpaired) electrons. The number of piperazine rings is 1. The molecule has 1 aliphatic carbocycles. The Balaban J connectivity index is 1.40. The van der Waals surface area contributed by atoms with Gasteiger partial charge in [-0.1, -0.05) is 49.1 Å². The van der Waals surface area contributed by atoms with Gasteiger partial charge in [0.05, 0.1) is 12.5 Å². The first-order chi connectivity index (χ1) is 14.4. The SMILES string of the molecule is Cc1ccc(CC(=O)N2CCN(C(C)C(=O)NC(=O)NC3CCCCC3)CC2)cc1. The van der Waals surface area contributed by atoms with Gasteiger partial charge in [0.25, 0.3) is 0 Å². The number of urea groups is 1. The molecule has 164 valence electrons. The van der Waals surface area contributed by atoms with Gasteiger partial charge in [-0.05, 0) is 32.3 Å². The predicted octanol–water partition coefficient (Wildman–Crippen LogP) is 2.23. The number of hydrogen-bond acceptors (Lipinski definition) is 4. The monoisotopic (exact) mass is 414 g/mol. The summed E-state index contributed by atoms with van der Waals surface area (Å²) in [4.78, 5) is 41.1. The molecule has 1 saturated heterocycles. The number of nitrogens with zero attached hydrogens (tertiary/aromatic N) is 2. The Morgan fingerprint density at radius 3 is 2.27 bits per heavy atom. The Morgan fingerprint density at radius 2 is 1.63 bits per heavy atom. The molecule has 7 heteroatoms. The average molecular weight is 415 g/mol. The minimum atomic E-state index is -0.406. The smallest absolute Gasteiger partial charge is 0.321 e. The molecule has 30 heavy (non-hydrogen) atoms. The van der Waals surface area contributed by atoms with Crippen molar-refractivity contribution >= 4 is 17.8 Å². The van der Waals surface area contributed by atoms with E-state index in [2.05, 4.69) is 10.6 Å². The van der Waals surface area contributed by atoms with Crippen LogP contribution in [0.1, 0.15) is 50.2 Å². The van der Waals surface area contributed by atoms with Crippen LogP contribution in [0.25, 0.3) is 0 Å². The fourth-order valence-corrected chi connectivity index (χ4v) is 4.20. The molecule has 2 aliphatic rings. The van der Waals surface area contributed by atoms with Gasteiger partial charge >= 0.3 is 6.03 Å². The maximum absolute atomic E-state index is 12.6. The van der Waals surface area contributed by atoms with Crippen LogP contribution in [0.2, 0.25) is 0 Å². The van der Waals surface area contributed by atoms with Gasteiger partial charge < -0.3 is 10.2 Å². The van der Waals surface area contributed by atoms with Crippen molar-refractivity contribution in [2.75, 3.05) is 26.2 Å². The fraction of sp³-hybridized carbons (Fsp3) is 0.609. The maximum Gasteiger partial charge on any atom is 0.321 e. The maximum atomic E-state index is 12.6. The number of rotatable bonds is 5. The van der Waals surface area contributed by atoms with Gasteiger partial charge in [0, 0.05) is 32.2 Å². The van der Waals surface area contributed by atoms with E-state index in [0.717, 1.165) is 31.2 Å². The average Bonchev–Trinajstić information content (AvgIpc) is 2.75. The minimum absolute atomic E-state index is 0.113. The molecule has 4 amide bonds. The lowest BCUT2D eigenvalue weighted by atomic mass is 9.96. The first-order valence-electron chi connectivity index (χ1n) is 11.1. The summed E-state index contributed by atoms with van der Waals surface area (Å²) in [5.74, 6) is -0.176. The Morgan fingerprint density at radius 1 is 1.00 bits per heavy atom. The molecule has 0 bridgehead atoms. The van der Waals surface area contributed by atoms with E-state index in [1.54, 1.807) is 0 Å². The summed E-state index contributed by atoms with van der Waals surface area (Å²) in [7, 11) is 0. The lowest BCUT2D eigenvalue weighted by molar-refractivity contribution is -0.133. The van der Waals surface area contributed by atoms with Crippen LogP contribution >= 0.6 is 0 Å². The van der Waals surface area contributed by atoms with Gasteiger partial charge in [0.2, 0.25) is 11.8 Å². The first kappa shape index (κ1) is 22.3. The number of imide groups is 1. The van der Waals surface area contributed by atoms with Crippen LogP contribution in [0.4, 0.5) is 4.79 Å². The predicted molar refractivity (Wildman–Crippen MR) is 116 cm³/mol. The quantitative estimate of drug-likeness (QED) is 0.774. The highest BCUT2D eigenvalue weighted by Gasteiger charge is 2.28. The summed E-state index contributed by atoms with van der Waals surface area (Å²) in [6.07, 6.45) is 5.84. The first-order valence-corrected chi connectivity index (χ1v) is 11.1. The summed E-state index contributed by atoms with van der Waals surface area (Å²) >= 11 is 0. The Hall–Kier alpha value is -2.41. The molecule has 7 nitrogen and oxygen atoms in total. The molecule has 2 fully saturated rings. The molecule has 1 atom stereocenters. The zero-order valence-electron chi connectivity index (χ0n) is 18.2. The van der Waals surface area contributed by atoms with Crippen molar-refractivity contribution in [1.29, 1.82) is 0 Å². The number of nitrogens with one attached hydrogen (secondary N) is 2. The normalized spacial score (nSPS) is 19.2. The molecule has 1 unspecified atom stereocenters. The van der Waals surface area contributed by atoms with Crippen LogP contribution in [-0.2, 0) is 16.0 Å². The van der Waals surface area contributed by atoms with E-state index >= 15 is 0 Å². The van der Waals surface area contributed by atoms with Crippen molar-refractivity contribution in [2.45, 2.75) is 64.5 Å². The van der Waals surface area contributed by atoms with E-state index in [-0.39, 0.29) is 17.9 Å². The molecule has 1 saturated carbocycles. The van der Waals surface area contributed by atoms with Crippen LogP contribution in [0, 0.1) is 6.92 Å². The highest BCUT2D eigenvalue weighted by Crippen LogP contribution is 2.17. The molecular weight excluding hydrogens is 380 g/mol. The Labute approximate surface area is 179 Å². The topological polar surface area (TPSA) is 81.8 Å². The Bertz CT molecular complexity index is 735. The molecule has 1 aromatic carbocycles. The molecular formula is C23H34N4O3. The van der Waals surface area contributed by atoms with Gasteiger partial charge in [0.1, 0.15) is 0 Å². The van der Waals surface area contributed by atoms with Crippen LogP contribution in [0.5, 0.6) is 0 Å². The van der Waals surface area contributed by atoms with E-state index in [0.29, 0.717) is 32.6 Å². The molecule has 1 aliphatic heterocycles. The summed E-state index contributed by atoms with van der Waals surface area (Å²) in [5.41, 5.74) is 2.20. The van der Waals surface area contributed by atoms with Crippen LogP contribution in [-0.4, -0.2) is 65.9 Å².